The molecule has 0 saturated carbocycles. The molecule has 0 spiro atoms. The second-order valence-electron chi connectivity index (χ2n) is 5.90. The van der Waals surface area contributed by atoms with Crippen LogP contribution in [0, 0.1) is 5.92 Å². The van der Waals surface area contributed by atoms with E-state index in [9.17, 15) is 4.79 Å². The monoisotopic (exact) mass is 246 g/mol. The summed E-state index contributed by atoms with van der Waals surface area (Å²) in [7, 11) is -0.383. The molecule has 0 N–H and O–H groups in total. The molecule has 2 atom stereocenters. The van der Waals surface area contributed by atoms with Crippen LogP contribution in [-0.2, 0) is 14.0 Å². The lowest BCUT2D eigenvalue weighted by molar-refractivity contribution is -0.147. The van der Waals surface area contributed by atoms with Crippen molar-refractivity contribution in [2.24, 2.45) is 5.92 Å². The summed E-state index contributed by atoms with van der Waals surface area (Å²) in [4.78, 5) is 11.4. The van der Waals surface area contributed by atoms with Crippen LogP contribution >= 0.6 is 0 Å². The fraction of sp³-hybridized carbons (Fsp3) is 0.917. The fourth-order valence-corrected chi connectivity index (χ4v) is 2.61. The minimum Gasteiger partial charge on any atom is -0.469 e. The topological polar surface area (TPSA) is 35.5 Å². The van der Waals surface area contributed by atoms with Crippen molar-refractivity contribution in [1.29, 1.82) is 0 Å². The van der Waals surface area contributed by atoms with E-state index in [1.165, 1.54) is 7.11 Å². The first kappa shape index (κ1) is 15.6. The van der Waals surface area contributed by atoms with Gasteiger partial charge in [0.25, 0.3) is 0 Å². The van der Waals surface area contributed by atoms with Crippen LogP contribution < -0.4 is 0 Å². The molecule has 1 unspecified atom stereocenters. The molecule has 4 heteroatoms. The summed E-state index contributed by atoms with van der Waals surface area (Å²) < 4.78 is 10.9. The highest BCUT2D eigenvalue weighted by molar-refractivity contribution is 6.74. The summed E-state index contributed by atoms with van der Waals surface area (Å²) in [6.45, 7) is 14.7. The van der Waals surface area contributed by atoms with E-state index >= 15 is 0 Å². The van der Waals surface area contributed by atoms with Crippen LogP contribution in [0.1, 0.15) is 34.6 Å². The van der Waals surface area contributed by atoms with Crippen molar-refractivity contribution in [3.05, 3.63) is 0 Å². The van der Waals surface area contributed by atoms with E-state index in [0.717, 1.165) is 0 Å². The van der Waals surface area contributed by atoms with Crippen molar-refractivity contribution in [3.63, 3.8) is 0 Å². The van der Waals surface area contributed by atoms with Crippen LogP contribution in [0.25, 0.3) is 0 Å². The van der Waals surface area contributed by atoms with Crippen molar-refractivity contribution in [1.82, 2.24) is 0 Å². The maximum Gasteiger partial charge on any atom is 0.310 e. The highest BCUT2D eigenvalue weighted by atomic mass is 28.4. The second kappa shape index (κ2) is 5.32. The van der Waals surface area contributed by atoms with E-state index in [1.807, 2.05) is 13.8 Å². The number of methoxy groups -OCH3 is 1. The number of carbonyl (C=O) groups excluding carboxylic acids is 1. The van der Waals surface area contributed by atoms with Crippen LogP contribution in [0.3, 0.4) is 0 Å². The first-order valence-electron chi connectivity index (χ1n) is 5.78. The first-order valence-corrected chi connectivity index (χ1v) is 8.69. The Morgan fingerprint density at radius 2 is 1.62 bits per heavy atom. The van der Waals surface area contributed by atoms with E-state index in [1.54, 1.807) is 0 Å². The zero-order chi connectivity index (χ0) is 13.1. The fourth-order valence-electron chi connectivity index (χ4n) is 1.12. The third-order valence-corrected chi connectivity index (χ3v) is 8.14. The molecule has 0 bridgehead atoms. The lowest BCUT2D eigenvalue weighted by atomic mass is 10.1. The van der Waals surface area contributed by atoms with Gasteiger partial charge in [0, 0.05) is 0 Å². The highest BCUT2D eigenvalue weighted by Crippen LogP contribution is 2.38. The largest absolute Gasteiger partial charge is 0.469 e. The Morgan fingerprint density at radius 3 is 1.94 bits per heavy atom. The number of esters is 1. The lowest BCUT2D eigenvalue weighted by Gasteiger charge is -2.39. The van der Waals surface area contributed by atoms with E-state index in [0.29, 0.717) is 0 Å². The predicted octanol–water partition coefficient (Wildman–Crippen LogP) is 3.21. The summed E-state index contributed by atoms with van der Waals surface area (Å²) in [6.07, 6.45) is -0.0895. The molecular formula is C12H26O3Si. The summed E-state index contributed by atoms with van der Waals surface area (Å²) in [5, 5.41) is 0.164. The van der Waals surface area contributed by atoms with E-state index < -0.39 is 8.32 Å². The van der Waals surface area contributed by atoms with Crippen LogP contribution in [-0.4, -0.2) is 27.5 Å². The van der Waals surface area contributed by atoms with Crippen molar-refractivity contribution in [3.8, 4) is 0 Å². The maximum absolute atomic E-state index is 11.4. The number of ether oxygens (including phenoxy) is 1. The quantitative estimate of drug-likeness (QED) is 0.564. The molecule has 0 aromatic rings. The van der Waals surface area contributed by atoms with E-state index in [-0.39, 0.29) is 23.0 Å². The van der Waals surface area contributed by atoms with Crippen molar-refractivity contribution >= 4 is 14.3 Å². The van der Waals surface area contributed by atoms with Crippen LogP contribution in [0.5, 0.6) is 0 Å². The molecule has 0 aliphatic rings. The Labute approximate surface area is 101 Å². The zero-order valence-electron chi connectivity index (χ0n) is 11.9. The molecule has 0 aromatic carbocycles. The number of hydrogen-bond donors (Lipinski definition) is 0. The molecule has 0 aromatic heterocycles. The molecule has 0 aliphatic heterocycles. The minimum absolute atomic E-state index is 0.0895. The number of rotatable bonds is 4. The standard InChI is InChI=1S/C12H26O3Si/c1-9(11(13)14-6)10(2)15-16(7,8)12(3,4)5/h9-10H,1-8H3/t9-,10?/m0/s1. The lowest BCUT2D eigenvalue weighted by Crippen LogP contribution is -2.45. The zero-order valence-corrected chi connectivity index (χ0v) is 12.9. The molecule has 0 heterocycles. The van der Waals surface area contributed by atoms with Gasteiger partial charge in [-0.3, -0.25) is 4.79 Å². The van der Waals surface area contributed by atoms with Crippen molar-refractivity contribution in [2.45, 2.75) is 58.9 Å². The molecule has 0 rings (SSSR count). The molecule has 16 heavy (non-hydrogen) atoms. The number of carbonyl (C=O) groups is 1. The molecule has 0 saturated heterocycles. The van der Waals surface area contributed by atoms with Gasteiger partial charge >= 0.3 is 5.97 Å². The molecule has 3 nitrogen and oxygen atoms in total. The number of hydrogen-bond acceptors (Lipinski definition) is 3. The summed E-state index contributed by atoms with van der Waals surface area (Å²) in [5.41, 5.74) is 0. The van der Waals surface area contributed by atoms with Gasteiger partial charge in [-0.2, -0.15) is 0 Å². The van der Waals surface area contributed by atoms with Gasteiger partial charge in [0.2, 0.25) is 0 Å². The minimum atomic E-state index is -1.80. The van der Waals surface area contributed by atoms with Gasteiger partial charge in [-0.05, 0) is 32.0 Å². The van der Waals surface area contributed by atoms with Crippen LogP contribution in [0.15, 0.2) is 0 Å². The second-order valence-corrected chi connectivity index (χ2v) is 10.7. The van der Waals surface area contributed by atoms with Gasteiger partial charge in [-0.25, -0.2) is 0 Å². The third kappa shape index (κ3) is 3.90. The van der Waals surface area contributed by atoms with Gasteiger partial charge in [0.15, 0.2) is 8.32 Å². The third-order valence-electron chi connectivity index (χ3n) is 3.56. The molecule has 0 radical (unpaired) electrons. The Kier molecular flexibility index (Phi) is 5.20. The average molecular weight is 246 g/mol. The maximum atomic E-state index is 11.4. The van der Waals surface area contributed by atoms with Gasteiger partial charge in [0.1, 0.15) is 0 Å². The first-order chi connectivity index (χ1) is 7.03. The van der Waals surface area contributed by atoms with Gasteiger partial charge in [-0.15, -0.1) is 0 Å². The Balaban J connectivity index is 4.56. The van der Waals surface area contributed by atoms with E-state index in [2.05, 4.69) is 33.9 Å². The molecule has 96 valence electrons. The molecule has 0 aliphatic carbocycles. The van der Waals surface area contributed by atoms with Gasteiger partial charge in [-0.1, -0.05) is 20.8 Å². The predicted molar refractivity (Wildman–Crippen MR) is 68.9 cm³/mol. The molecular weight excluding hydrogens is 220 g/mol. The van der Waals surface area contributed by atoms with Crippen molar-refractivity contribution < 1.29 is 14.0 Å². The van der Waals surface area contributed by atoms with Crippen LogP contribution in [0.2, 0.25) is 18.1 Å². The Hall–Kier alpha value is -0.353. The van der Waals surface area contributed by atoms with Gasteiger partial charge in [0.05, 0.1) is 19.1 Å². The summed E-state index contributed by atoms with van der Waals surface area (Å²) >= 11 is 0. The van der Waals surface area contributed by atoms with Gasteiger partial charge < -0.3 is 9.16 Å². The molecule has 0 amide bonds. The summed E-state index contributed by atoms with van der Waals surface area (Å²) in [6, 6.07) is 0. The normalized spacial score (nSPS) is 16.8. The Morgan fingerprint density at radius 1 is 1.19 bits per heavy atom. The molecule has 0 fully saturated rings. The Bertz CT molecular complexity index is 243. The summed E-state index contributed by atoms with van der Waals surface area (Å²) in [5.74, 6) is -0.412. The average Bonchev–Trinajstić information content (AvgIpc) is 2.12. The highest BCUT2D eigenvalue weighted by Gasteiger charge is 2.40. The van der Waals surface area contributed by atoms with Crippen molar-refractivity contribution in [2.75, 3.05) is 7.11 Å². The SMILES string of the molecule is COC(=O)[C@@H](C)C(C)O[Si](C)(C)C(C)(C)C. The van der Waals surface area contributed by atoms with Crippen LogP contribution in [0.4, 0.5) is 0 Å². The van der Waals surface area contributed by atoms with E-state index in [4.69, 9.17) is 9.16 Å². The smallest absolute Gasteiger partial charge is 0.310 e.